The third-order valence-electron chi connectivity index (χ3n) is 4.58. The average Bonchev–Trinajstić information content (AvgIpc) is 3.18. The Morgan fingerprint density at radius 3 is 1.57 bits per heavy atom. The molecule has 0 unspecified atom stereocenters. The molecule has 0 bridgehead atoms. The topological polar surface area (TPSA) is 53.0 Å². The second-order valence-corrected chi connectivity index (χ2v) is 5.56. The molecule has 0 spiro atoms. The summed E-state index contributed by atoms with van der Waals surface area (Å²) in [6, 6.07) is 14.5. The van der Waals surface area contributed by atoms with Gasteiger partial charge in [-0.05, 0) is 48.2 Å². The van der Waals surface area contributed by atoms with Crippen LogP contribution >= 0.6 is 0 Å². The fourth-order valence-corrected chi connectivity index (χ4v) is 3.49. The smallest absolute Gasteiger partial charge is 0.127 e. The fraction of sp³-hybridized carbons (Fsp3) is 0.333. The molecule has 0 radical (unpaired) electrons. The highest BCUT2D eigenvalue weighted by Gasteiger charge is 2.69. The molecule has 0 amide bonds. The molecule has 1 aliphatic heterocycles. The van der Waals surface area contributed by atoms with Crippen molar-refractivity contribution in [1.82, 2.24) is 0 Å². The van der Waals surface area contributed by atoms with Gasteiger partial charge in [-0.1, -0.05) is 38.1 Å². The lowest BCUT2D eigenvalue weighted by molar-refractivity contribution is 0.255. The first-order valence-corrected chi connectivity index (χ1v) is 7.37. The Morgan fingerprint density at radius 1 is 0.810 bits per heavy atom. The second kappa shape index (κ2) is 4.78. The van der Waals surface area contributed by atoms with E-state index in [1.165, 1.54) is 0 Å². The summed E-state index contributed by atoms with van der Waals surface area (Å²) in [5.74, 6) is 0.494. The maximum Gasteiger partial charge on any atom is 0.127 e. The van der Waals surface area contributed by atoms with Crippen LogP contribution in [-0.2, 0) is 15.9 Å². The van der Waals surface area contributed by atoms with Crippen molar-refractivity contribution in [3.63, 3.8) is 0 Å². The molecular formula is C18H20O3. The molecule has 2 aromatic carbocycles. The van der Waals surface area contributed by atoms with Crippen molar-refractivity contribution >= 4 is 0 Å². The number of ether oxygens (including phenoxy) is 1. The fourth-order valence-electron chi connectivity index (χ4n) is 3.49. The maximum atomic E-state index is 9.76. The van der Waals surface area contributed by atoms with Gasteiger partial charge >= 0.3 is 0 Å². The normalized spacial score (nSPS) is 27.5. The van der Waals surface area contributed by atoms with Gasteiger partial charge < -0.3 is 14.9 Å². The Hall–Kier alpha value is -2.00. The van der Waals surface area contributed by atoms with E-state index in [0.29, 0.717) is 0 Å². The molecule has 2 atom stereocenters. The van der Waals surface area contributed by atoms with Gasteiger partial charge in [0.05, 0.1) is 0 Å². The number of hydrogen-bond donors (Lipinski definition) is 2. The summed E-state index contributed by atoms with van der Waals surface area (Å²) in [6.07, 6.45) is 1.61. The van der Waals surface area contributed by atoms with E-state index < -0.39 is 11.2 Å². The average molecular weight is 284 g/mol. The lowest BCUT2D eigenvalue weighted by Gasteiger charge is -2.19. The van der Waals surface area contributed by atoms with Gasteiger partial charge in [0, 0.05) is 0 Å². The summed E-state index contributed by atoms with van der Waals surface area (Å²) in [4.78, 5) is 0. The first kappa shape index (κ1) is 14.0. The quantitative estimate of drug-likeness (QED) is 0.833. The first-order chi connectivity index (χ1) is 10.1. The zero-order chi connectivity index (χ0) is 15.1. The van der Waals surface area contributed by atoms with E-state index in [-0.39, 0.29) is 11.5 Å². The van der Waals surface area contributed by atoms with Gasteiger partial charge in [0.1, 0.15) is 22.7 Å². The van der Waals surface area contributed by atoms with Crippen LogP contribution in [0.15, 0.2) is 48.5 Å². The van der Waals surface area contributed by atoms with Crippen LogP contribution in [0.2, 0.25) is 0 Å². The van der Waals surface area contributed by atoms with E-state index in [4.69, 9.17) is 4.74 Å². The molecule has 21 heavy (non-hydrogen) atoms. The SMILES string of the molecule is CC[C@@]1(c2cccc(O)c2)O[C@@]1(CC)c1cccc(O)c1. The van der Waals surface area contributed by atoms with Gasteiger partial charge in [0.15, 0.2) is 0 Å². The predicted octanol–water partition coefficient (Wildman–Crippen LogP) is 4.04. The van der Waals surface area contributed by atoms with E-state index in [0.717, 1.165) is 24.0 Å². The van der Waals surface area contributed by atoms with Crippen LogP contribution in [0, 0.1) is 0 Å². The molecule has 2 N–H and O–H groups in total. The van der Waals surface area contributed by atoms with E-state index in [1.54, 1.807) is 24.3 Å². The summed E-state index contributed by atoms with van der Waals surface area (Å²) >= 11 is 0. The molecule has 110 valence electrons. The Kier molecular flexibility index (Phi) is 3.18. The minimum Gasteiger partial charge on any atom is -0.508 e. The van der Waals surface area contributed by atoms with Crippen molar-refractivity contribution in [1.29, 1.82) is 0 Å². The number of hydrogen-bond acceptors (Lipinski definition) is 3. The molecule has 1 aliphatic rings. The summed E-state index contributed by atoms with van der Waals surface area (Å²) < 4.78 is 6.25. The Balaban J connectivity index is 2.10. The Morgan fingerprint density at radius 2 is 1.24 bits per heavy atom. The Bertz CT molecular complexity index is 610. The number of rotatable bonds is 4. The molecule has 0 aromatic heterocycles. The molecular weight excluding hydrogens is 264 g/mol. The predicted molar refractivity (Wildman–Crippen MR) is 81.2 cm³/mol. The minimum absolute atomic E-state index is 0.247. The third-order valence-corrected chi connectivity index (χ3v) is 4.58. The van der Waals surface area contributed by atoms with Gasteiger partial charge in [0.25, 0.3) is 0 Å². The number of benzene rings is 2. The monoisotopic (exact) mass is 284 g/mol. The summed E-state index contributed by atoms with van der Waals surface area (Å²) in [7, 11) is 0. The standard InChI is InChI=1S/C18H20O3/c1-3-17(13-7-5-9-15(19)11-13)18(4-2,21-17)14-8-6-10-16(20)12-14/h5-12,19-20H,3-4H2,1-2H3/t17-,18-/m0/s1. The highest BCUT2D eigenvalue weighted by Crippen LogP contribution is 2.66. The van der Waals surface area contributed by atoms with Crippen LogP contribution in [0.25, 0.3) is 0 Å². The van der Waals surface area contributed by atoms with Gasteiger partial charge in [-0.25, -0.2) is 0 Å². The molecule has 2 aromatic rings. The van der Waals surface area contributed by atoms with Crippen LogP contribution in [-0.4, -0.2) is 10.2 Å². The van der Waals surface area contributed by atoms with Crippen LogP contribution < -0.4 is 0 Å². The van der Waals surface area contributed by atoms with E-state index >= 15 is 0 Å². The van der Waals surface area contributed by atoms with Crippen LogP contribution in [0.1, 0.15) is 37.8 Å². The van der Waals surface area contributed by atoms with Crippen molar-refractivity contribution in [3.8, 4) is 11.5 Å². The third kappa shape index (κ3) is 1.92. The van der Waals surface area contributed by atoms with Gasteiger partial charge in [0.2, 0.25) is 0 Å². The maximum absolute atomic E-state index is 9.76. The zero-order valence-corrected chi connectivity index (χ0v) is 12.3. The first-order valence-electron chi connectivity index (χ1n) is 7.37. The van der Waals surface area contributed by atoms with Crippen LogP contribution in [0.4, 0.5) is 0 Å². The van der Waals surface area contributed by atoms with Crippen molar-refractivity contribution in [2.45, 2.75) is 37.9 Å². The molecule has 3 nitrogen and oxygen atoms in total. The number of aromatic hydroxyl groups is 2. The van der Waals surface area contributed by atoms with Gasteiger partial charge in [-0.15, -0.1) is 0 Å². The molecule has 0 aliphatic carbocycles. The van der Waals surface area contributed by atoms with Crippen molar-refractivity contribution in [2.75, 3.05) is 0 Å². The molecule has 1 heterocycles. The number of phenols is 2. The molecule has 0 saturated carbocycles. The highest BCUT2D eigenvalue weighted by molar-refractivity contribution is 5.45. The largest absolute Gasteiger partial charge is 0.508 e. The summed E-state index contributed by atoms with van der Waals surface area (Å²) in [6.45, 7) is 4.18. The molecule has 1 fully saturated rings. The van der Waals surface area contributed by atoms with Crippen molar-refractivity contribution in [3.05, 3.63) is 59.7 Å². The van der Waals surface area contributed by atoms with Gasteiger partial charge in [-0.3, -0.25) is 0 Å². The van der Waals surface area contributed by atoms with Crippen LogP contribution in [0.3, 0.4) is 0 Å². The van der Waals surface area contributed by atoms with Crippen molar-refractivity contribution in [2.24, 2.45) is 0 Å². The second-order valence-electron chi connectivity index (χ2n) is 5.56. The number of epoxide rings is 1. The van der Waals surface area contributed by atoms with E-state index in [9.17, 15) is 10.2 Å². The molecule has 3 rings (SSSR count). The minimum atomic E-state index is -0.436. The number of phenolic OH excluding ortho intramolecular Hbond substituents is 2. The summed E-state index contributed by atoms with van der Waals surface area (Å²) in [5.41, 5.74) is 1.09. The van der Waals surface area contributed by atoms with Crippen molar-refractivity contribution < 1.29 is 14.9 Å². The Labute approximate surface area is 124 Å². The lowest BCUT2D eigenvalue weighted by Crippen LogP contribution is -2.21. The lowest BCUT2D eigenvalue weighted by atomic mass is 9.78. The summed E-state index contributed by atoms with van der Waals surface area (Å²) in [5, 5.41) is 19.5. The highest BCUT2D eigenvalue weighted by atomic mass is 16.6. The van der Waals surface area contributed by atoms with E-state index in [1.807, 2.05) is 24.3 Å². The molecule has 3 heteroatoms. The van der Waals surface area contributed by atoms with Crippen LogP contribution in [0.5, 0.6) is 11.5 Å². The zero-order valence-electron chi connectivity index (χ0n) is 12.3. The van der Waals surface area contributed by atoms with Gasteiger partial charge in [-0.2, -0.15) is 0 Å². The molecule has 1 saturated heterocycles. The van der Waals surface area contributed by atoms with E-state index in [2.05, 4.69) is 13.8 Å².